The highest BCUT2D eigenvalue weighted by Gasteiger charge is 2.42. The molecule has 0 saturated heterocycles. The summed E-state index contributed by atoms with van der Waals surface area (Å²) in [6.07, 6.45) is 7.48. The second kappa shape index (κ2) is 8.32. The lowest BCUT2D eigenvalue weighted by Crippen LogP contribution is -2.29. The first kappa shape index (κ1) is 21.5. The van der Waals surface area contributed by atoms with Crippen LogP contribution in [0.3, 0.4) is 0 Å². The van der Waals surface area contributed by atoms with Gasteiger partial charge in [0.25, 0.3) is 0 Å². The topological polar surface area (TPSA) is 110 Å². The summed E-state index contributed by atoms with van der Waals surface area (Å²) in [6.45, 7) is 2.26. The summed E-state index contributed by atoms with van der Waals surface area (Å²) < 4.78 is 1.94. The Hall–Kier alpha value is -3.03. The quantitative estimate of drug-likeness (QED) is 0.422. The molecule has 34 heavy (non-hydrogen) atoms. The van der Waals surface area contributed by atoms with Crippen LogP contribution in [0.2, 0.25) is 0 Å². The molecule has 6 rings (SSSR count). The van der Waals surface area contributed by atoms with Gasteiger partial charge >= 0.3 is 0 Å². The van der Waals surface area contributed by atoms with E-state index in [-0.39, 0.29) is 12.0 Å². The average molecular weight is 458 g/mol. The predicted molar refractivity (Wildman–Crippen MR) is 132 cm³/mol. The van der Waals surface area contributed by atoms with Crippen LogP contribution in [0.5, 0.6) is 0 Å². The molecule has 0 spiro atoms. The summed E-state index contributed by atoms with van der Waals surface area (Å²) in [5.74, 6) is 1.15. The SMILES string of the molecule is CC[C@@H]1Cc2cc3ccc(CC[C@H]4C[C@@H](n5ccc6c(N)ncnc65)[C@H](O)[C@@H]4O)cc3nc2C1. The second-order valence-electron chi connectivity index (χ2n) is 10.1. The zero-order valence-electron chi connectivity index (χ0n) is 19.4. The highest BCUT2D eigenvalue weighted by molar-refractivity contribution is 5.86. The lowest BCUT2D eigenvalue weighted by atomic mass is 9.95. The van der Waals surface area contributed by atoms with Crippen LogP contribution in [0.25, 0.3) is 21.9 Å². The second-order valence-corrected chi connectivity index (χ2v) is 10.1. The van der Waals surface area contributed by atoms with E-state index in [9.17, 15) is 10.2 Å². The molecule has 1 saturated carbocycles. The molecule has 1 aromatic carbocycles. The van der Waals surface area contributed by atoms with E-state index >= 15 is 0 Å². The average Bonchev–Trinajstić information content (AvgIpc) is 3.52. The first-order valence-electron chi connectivity index (χ1n) is 12.4. The number of rotatable bonds is 5. The summed E-state index contributed by atoms with van der Waals surface area (Å²) in [5.41, 5.74) is 11.6. The number of nitrogens with two attached hydrogens (primary N) is 1. The number of benzene rings is 1. The largest absolute Gasteiger partial charge is 0.390 e. The van der Waals surface area contributed by atoms with Crippen molar-refractivity contribution in [2.45, 2.75) is 63.7 Å². The fraction of sp³-hybridized carbons (Fsp3) is 0.444. The van der Waals surface area contributed by atoms with E-state index in [1.807, 2.05) is 16.8 Å². The maximum absolute atomic E-state index is 10.8. The van der Waals surface area contributed by atoms with E-state index in [1.165, 1.54) is 35.0 Å². The van der Waals surface area contributed by atoms with Gasteiger partial charge in [-0.15, -0.1) is 0 Å². The van der Waals surface area contributed by atoms with Crippen molar-refractivity contribution in [3.63, 3.8) is 0 Å². The molecule has 0 amide bonds. The zero-order valence-corrected chi connectivity index (χ0v) is 19.4. The number of aryl methyl sites for hydroxylation is 1. The number of aliphatic hydroxyl groups excluding tert-OH is 2. The monoisotopic (exact) mass is 457 g/mol. The van der Waals surface area contributed by atoms with E-state index in [1.54, 1.807) is 0 Å². The van der Waals surface area contributed by atoms with Crippen LogP contribution in [0.1, 0.15) is 49.0 Å². The molecule has 7 heteroatoms. The third-order valence-electron chi connectivity index (χ3n) is 8.09. The number of pyridine rings is 1. The summed E-state index contributed by atoms with van der Waals surface area (Å²) in [4.78, 5) is 13.4. The summed E-state index contributed by atoms with van der Waals surface area (Å²) >= 11 is 0. The molecular weight excluding hydrogens is 426 g/mol. The number of nitrogen functional groups attached to an aromatic ring is 1. The van der Waals surface area contributed by atoms with Crippen molar-refractivity contribution >= 4 is 27.8 Å². The Balaban J connectivity index is 1.18. The van der Waals surface area contributed by atoms with Gasteiger partial charge in [-0.25, -0.2) is 9.97 Å². The first-order valence-corrected chi connectivity index (χ1v) is 12.4. The van der Waals surface area contributed by atoms with Gasteiger partial charge in [0.2, 0.25) is 0 Å². The minimum atomic E-state index is -0.843. The van der Waals surface area contributed by atoms with Gasteiger partial charge in [-0.1, -0.05) is 25.5 Å². The first-order chi connectivity index (χ1) is 16.5. The van der Waals surface area contributed by atoms with Crippen LogP contribution in [0.4, 0.5) is 5.82 Å². The Kier molecular flexibility index (Phi) is 5.26. The number of aromatic nitrogens is 4. The maximum Gasteiger partial charge on any atom is 0.145 e. The van der Waals surface area contributed by atoms with Crippen molar-refractivity contribution in [3.8, 4) is 0 Å². The van der Waals surface area contributed by atoms with Gasteiger partial charge in [0.15, 0.2) is 0 Å². The third-order valence-corrected chi connectivity index (χ3v) is 8.09. The fourth-order valence-electron chi connectivity index (χ4n) is 6.02. The van der Waals surface area contributed by atoms with Crippen LogP contribution in [0, 0.1) is 11.8 Å². The smallest absolute Gasteiger partial charge is 0.145 e. The Morgan fingerprint density at radius 3 is 2.82 bits per heavy atom. The van der Waals surface area contributed by atoms with Crippen molar-refractivity contribution in [2.24, 2.45) is 11.8 Å². The molecular formula is C27H31N5O2. The van der Waals surface area contributed by atoms with E-state index in [0.717, 1.165) is 42.5 Å². The molecule has 5 atom stereocenters. The Morgan fingerprint density at radius 1 is 1.09 bits per heavy atom. The molecule has 0 radical (unpaired) electrons. The molecule has 7 nitrogen and oxygen atoms in total. The number of hydrogen-bond acceptors (Lipinski definition) is 6. The number of fused-ring (bicyclic) bond motifs is 3. The van der Waals surface area contributed by atoms with E-state index < -0.39 is 12.2 Å². The Labute approximate surface area is 198 Å². The molecule has 2 aliphatic carbocycles. The summed E-state index contributed by atoms with van der Waals surface area (Å²) in [7, 11) is 0. The van der Waals surface area contributed by atoms with Crippen LogP contribution in [-0.2, 0) is 19.3 Å². The van der Waals surface area contributed by atoms with Crippen molar-refractivity contribution < 1.29 is 10.2 Å². The standard InChI is InChI=1S/C27H31N5O2/c1-2-15-9-19-12-17-5-3-16(11-21(17)31-22(19)10-15)4-6-18-13-23(25(34)24(18)33)32-8-7-20-26(28)29-14-30-27(20)32/h3,5,7-8,11-12,14-15,18,23-25,33-34H,2,4,6,9-10,13H2,1H3,(H2,28,29,30)/t15-,18+,23-,24-,25+/m1/s1. The van der Waals surface area contributed by atoms with E-state index in [0.29, 0.717) is 17.9 Å². The minimum Gasteiger partial charge on any atom is -0.390 e. The minimum absolute atomic E-state index is 0.00521. The molecule has 2 aliphatic rings. The van der Waals surface area contributed by atoms with Gasteiger partial charge < -0.3 is 20.5 Å². The number of nitrogens with zero attached hydrogens (tertiary/aromatic N) is 4. The highest BCUT2D eigenvalue weighted by Crippen LogP contribution is 2.40. The molecule has 176 valence electrons. The van der Waals surface area contributed by atoms with Gasteiger partial charge in [0.1, 0.15) is 23.9 Å². The van der Waals surface area contributed by atoms with Gasteiger partial charge in [-0.2, -0.15) is 0 Å². The Morgan fingerprint density at radius 2 is 1.97 bits per heavy atom. The molecule has 3 aromatic heterocycles. The predicted octanol–water partition coefficient (Wildman–Crippen LogP) is 3.60. The number of aliphatic hydroxyl groups is 2. The Bertz CT molecular complexity index is 1370. The van der Waals surface area contributed by atoms with Gasteiger partial charge in [0.05, 0.1) is 23.0 Å². The third kappa shape index (κ3) is 3.54. The molecule has 0 unspecified atom stereocenters. The van der Waals surface area contributed by atoms with Gasteiger partial charge in [-0.3, -0.25) is 4.98 Å². The van der Waals surface area contributed by atoms with Crippen LogP contribution in [0.15, 0.2) is 42.9 Å². The molecule has 4 N–H and O–H groups in total. The molecule has 4 aromatic rings. The molecule has 0 aliphatic heterocycles. The zero-order chi connectivity index (χ0) is 23.4. The van der Waals surface area contributed by atoms with Gasteiger partial charge in [0, 0.05) is 17.3 Å². The van der Waals surface area contributed by atoms with Crippen molar-refractivity contribution in [1.82, 2.24) is 19.5 Å². The molecule has 0 bridgehead atoms. The summed E-state index contributed by atoms with van der Waals surface area (Å²) in [5, 5.41) is 23.6. The van der Waals surface area contributed by atoms with Crippen LogP contribution >= 0.6 is 0 Å². The van der Waals surface area contributed by atoms with Crippen molar-refractivity contribution in [1.29, 1.82) is 0 Å². The normalized spacial score (nSPS) is 26.5. The summed E-state index contributed by atoms with van der Waals surface area (Å²) in [6, 6.07) is 10.5. The highest BCUT2D eigenvalue weighted by atomic mass is 16.3. The van der Waals surface area contributed by atoms with E-state index in [4.69, 9.17) is 10.7 Å². The molecule has 1 fully saturated rings. The maximum atomic E-state index is 10.8. The number of hydrogen-bond donors (Lipinski definition) is 3. The van der Waals surface area contributed by atoms with Crippen LogP contribution in [-0.4, -0.2) is 41.9 Å². The van der Waals surface area contributed by atoms with Crippen LogP contribution < -0.4 is 5.73 Å². The molecule has 3 heterocycles. The lowest BCUT2D eigenvalue weighted by molar-refractivity contribution is 0.00545. The van der Waals surface area contributed by atoms with Crippen molar-refractivity contribution in [3.05, 3.63) is 59.7 Å². The van der Waals surface area contributed by atoms with Crippen molar-refractivity contribution in [2.75, 3.05) is 5.73 Å². The fourth-order valence-corrected chi connectivity index (χ4v) is 6.02. The number of anilines is 1. The van der Waals surface area contributed by atoms with Gasteiger partial charge in [-0.05, 0) is 73.3 Å². The lowest BCUT2D eigenvalue weighted by Gasteiger charge is -2.19. The van der Waals surface area contributed by atoms with E-state index in [2.05, 4.69) is 41.2 Å².